The smallest absolute Gasteiger partial charge is 0.190 e. The van der Waals surface area contributed by atoms with Crippen molar-refractivity contribution >= 4 is 29.9 Å². The zero-order valence-corrected chi connectivity index (χ0v) is 17.6. The number of rotatable bonds is 10. The van der Waals surface area contributed by atoms with Crippen molar-refractivity contribution in [2.45, 2.75) is 46.0 Å². The standard InChI is InChI=1S/C17H36N4O.HI/c1-4-11-21-12-8-16(9-13-21)15-20-17(18-3)19-10-6-7-14-22-5-2;/h16H,4-15H2,1-3H3,(H2,18,19,20);1H. The van der Waals surface area contributed by atoms with Gasteiger partial charge in [0.1, 0.15) is 0 Å². The monoisotopic (exact) mass is 440 g/mol. The summed E-state index contributed by atoms with van der Waals surface area (Å²) in [4.78, 5) is 6.89. The van der Waals surface area contributed by atoms with Crippen LogP contribution in [0.25, 0.3) is 0 Å². The molecule has 1 aliphatic rings. The van der Waals surface area contributed by atoms with E-state index in [2.05, 4.69) is 27.4 Å². The number of hydrogen-bond acceptors (Lipinski definition) is 3. The van der Waals surface area contributed by atoms with Gasteiger partial charge in [-0.3, -0.25) is 4.99 Å². The van der Waals surface area contributed by atoms with Gasteiger partial charge in [-0.25, -0.2) is 0 Å². The first-order valence-electron chi connectivity index (χ1n) is 9.04. The molecule has 1 fully saturated rings. The van der Waals surface area contributed by atoms with Gasteiger partial charge < -0.3 is 20.3 Å². The van der Waals surface area contributed by atoms with E-state index in [1.54, 1.807) is 0 Å². The van der Waals surface area contributed by atoms with Crippen molar-refractivity contribution in [1.82, 2.24) is 15.5 Å². The maximum Gasteiger partial charge on any atom is 0.190 e. The van der Waals surface area contributed by atoms with Crippen molar-refractivity contribution in [2.75, 3.05) is 53.0 Å². The number of guanidine groups is 1. The van der Waals surface area contributed by atoms with Crippen LogP contribution >= 0.6 is 24.0 Å². The Morgan fingerprint density at radius 3 is 2.52 bits per heavy atom. The summed E-state index contributed by atoms with van der Waals surface area (Å²) in [5.41, 5.74) is 0. The molecule has 138 valence electrons. The zero-order valence-electron chi connectivity index (χ0n) is 15.3. The highest BCUT2D eigenvalue weighted by Crippen LogP contribution is 2.16. The van der Waals surface area contributed by atoms with E-state index in [9.17, 15) is 0 Å². The van der Waals surface area contributed by atoms with E-state index in [4.69, 9.17) is 4.74 Å². The van der Waals surface area contributed by atoms with E-state index < -0.39 is 0 Å². The molecule has 0 spiro atoms. The number of nitrogens with zero attached hydrogens (tertiary/aromatic N) is 2. The fraction of sp³-hybridized carbons (Fsp3) is 0.941. The van der Waals surface area contributed by atoms with Crippen LogP contribution in [0.5, 0.6) is 0 Å². The lowest BCUT2D eigenvalue weighted by Crippen LogP contribution is -2.43. The molecule has 5 nitrogen and oxygen atoms in total. The van der Waals surface area contributed by atoms with Crippen LogP contribution in [0.3, 0.4) is 0 Å². The quantitative estimate of drug-likeness (QED) is 0.237. The summed E-state index contributed by atoms with van der Waals surface area (Å²) in [7, 11) is 1.85. The number of hydrogen-bond donors (Lipinski definition) is 2. The molecule has 0 radical (unpaired) electrons. The highest BCUT2D eigenvalue weighted by Gasteiger charge is 2.18. The molecule has 0 atom stereocenters. The SMILES string of the molecule is CCCN1CCC(CNC(=NC)NCCCCOCC)CC1.I. The second kappa shape index (κ2) is 15.4. The number of halogens is 1. The lowest BCUT2D eigenvalue weighted by molar-refractivity contribution is 0.143. The number of unbranched alkanes of at least 4 members (excludes halogenated alkanes) is 1. The van der Waals surface area contributed by atoms with Crippen LogP contribution in [0.2, 0.25) is 0 Å². The number of nitrogens with one attached hydrogen (secondary N) is 2. The molecule has 0 amide bonds. The Morgan fingerprint density at radius 2 is 1.91 bits per heavy atom. The third-order valence-corrected chi connectivity index (χ3v) is 4.24. The third-order valence-electron chi connectivity index (χ3n) is 4.24. The summed E-state index contributed by atoms with van der Waals surface area (Å²) >= 11 is 0. The Bertz CT molecular complexity index is 294. The van der Waals surface area contributed by atoms with Crippen LogP contribution in [0.4, 0.5) is 0 Å². The largest absolute Gasteiger partial charge is 0.382 e. The number of likely N-dealkylation sites (tertiary alicyclic amines) is 1. The fourth-order valence-electron chi connectivity index (χ4n) is 2.87. The average Bonchev–Trinajstić information content (AvgIpc) is 2.55. The molecule has 0 aromatic carbocycles. The summed E-state index contributed by atoms with van der Waals surface area (Å²) in [5, 5.41) is 6.87. The second-order valence-electron chi connectivity index (χ2n) is 6.07. The predicted molar refractivity (Wildman–Crippen MR) is 110 cm³/mol. The van der Waals surface area contributed by atoms with E-state index in [0.717, 1.165) is 51.0 Å². The molecular weight excluding hydrogens is 403 g/mol. The van der Waals surface area contributed by atoms with E-state index >= 15 is 0 Å². The van der Waals surface area contributed by atoms with Gasteiger partial charge in [-0.1, -0.05) is 6.92 Å². The minimum atomic E-state index is 0. The van der Waals surface area contributed by atoms with Gasteiger partial charge in [0.25, 0.3) is 0 Å². The normalized spacial score (nSPS) is 16.9. The van der Waals surface area contributed by atoms with Crippen LogP contribution in [0.1, 0.15) is 46.0 Å². The summed E-state index contributed by atoms with van der Waals surface area (Å²) < 4.78 is 5.34. The van der Waals surface area contributed by atoms with Crippen molar-refractivity contribution in [1.29, 1.82) is 0 Å². The highest BCUT2D eigenvalue weighted by molar-refractivity contribution is 14.0. The summed E-state index contributed by atoms with van der Waals surface area (Å²) in [6, 6.07) is 0. The molecule has 0 aromatic heterocycles. The van der Waals surface area contributed by atoms with Crippen molar-refractivity contribution in [2.24, 2.45) is 10.9 Å². The zero-order chi connectivity index (χ0) is 16.0. The fourth-order valence-corrected chi connectivity index (χ4v) is 2.87. The molecule has 1 saturated heterocycles. The van der Waals surface area contributed by atoms with Gasteiger partial charge in [0.15, 0.2) is 5.96 Å². The van der Waals surface area contributed by atoms with E-state index in [1.807, 2.05) is 14.0 Å². The molecule has 2 N–H and O–H groups in total. The molecular formula is C17H37IN4O. The molecule has 1 heterocycles. The minimum absolute atomic E-state index is 0. The van der Waals surface area contributed by atoms with Crippen LogP contribution in [0, 0.1) is 5.92 Å². The van der Waals surface area contributed by atoms with Gasteiger partial charge in [0.05, 0.1) is 0 Å². The molecule has 0 aromatic rings. The van der Waals surface area contributed by atoms with Gasteiger partial charge in [-0.2, -0.15) is 0 Å². The van der Waals surface area contributed by atoms with Gasteiger partial charge in [0, 0.05) is 33.4 Å². The number of piperidine rings is 1. The maximum atomic E-state index is 5.34. The third kappa shape index (κ3) is 11.2. The van der Waals surface area contributed by atoms with Gasteiger partial charge in [-0.05, 0) is 64.6 Å². The Labute approximate surface area is 160 Å². The second-order valence-corrected chi connectivity index (χ2v) is 6.07. The van der Waals surface area contributed by atoms with Crippen molar-refractivity contribution in [3.8, 4) is 0 Å². The molecule has 6 heteroatoms. The summed E-state index contributed by atoms with van der Waals surface area (Å²) in [6.45, 7) is 11.7. The molecule has 23 heavy (non-hydrogen) atoms. The lowest BCUT2D eigenvalue weighted by atomic mass is 9.97. The summed E-state index contributed by atoms with van der Waals surface area (Å²) in [6.07, 6.45) is 6.10. The lowest BCUT2D eigenvalue weighted by Gasteiger charge is -2.32. The van der Waals surface area contributed by atoms with Crippen molar-refractivity contribution in [3.05, 3.63) is 0 Å². The van der Waals surface area contributed by atoms with Gasteiger partial charge >= 0.3 is 0 Å². The first-order chi connectivity index (χ1) is 10.8. The van der Waals surface area contributed by atoms with Crippen LogP contribution in [-0.4, -0.2) is 63.8 Å². The number of ether oxygens (including phenoxy) is 1. The van der Waals surface area contributed by atoms with Crippen LogP contribution < -0.4 is 10.6 Å². The van der Waals surface area contributed by atoms with Gasteiger partial charge in [0.2, 0.25) is 0 Å². The van der Waals surface area contributed by atoms with Crippen molar-refractivity contribution in [3.63, 3.8) is 0 Å². The molecule has 1 rings (SSSR count). The first-order valence-corrected chi connectivity index (χ1v) is 9.04. The molecule has 0 saturated carbocycles. The number of aliphatic imine (C=N–C) groups is 1. The Hall–Kier alpha value is -0.0800. The van der Waals surface area contributed by atoms with Crippen LogP contribution in [-0.2, 0) is 4.74 Å². The highest BCUT2D eigenvalue weighted by atomic mass is 127. The van der Waals surface area contributed by atoms with E-state index in [-0.39, 0.29) is 24.0 Å². The summed E-state index contributed by atoms with van der Waals surface area (Å²) in [5.74, 6) is 1.72. The van der Waals surface area contributed by atoms with Crippen molar-refractivity contribution < 1.29 is 4.74 Å². The molecule has 0 aliphatic carbocycles. The molecule has 0 unspecified atom stereocenters. The topological polar surface area (TPSA) is 48.9 Å². The van der Waals surface area contributed by atoms with E-state index in [1.165, 1.54) is 38.9 Å². The van der Waals surface area contributed by atoms with E-state index in [0.29, 0.717) is 0 Å². The molecule has 1 aliphatic heterocycles. The Balaban J connectivity index is 0.00000484. The average molecular weight is 440 g/mol. The first kappa shape index (κ1) is 22.9. The Kier molecular flexibility index (Phi) is 15.4. The van der Waals surface area contributed by atoms with Crippen LogP contribution in [0.15, 0.2) is 4.99 Å². The maximum absolute atomic E-state index is 5.34. The molecule has 0 bridgehead atoms. The predicted octanol–water partition coefficient (Wildman–Crippen LogP) is 2.71. The van der Waals surface area contributed by atoms with Gasteiger partial charge in [-0.15, -0.1) is 24.0 Å². The Morgan fingerprint density at radius 1 is 1.17 bits per heavy atom. The minimum Gasteiger partial charge on any atom is -0.382 e.